The standard InChI is InChI=1S/C52H32N4S/c1-4-14-33(15-5-1)43-32-44(34-16-6-2-7-17-34)54-52(53-43)56-47-28-25-36(31-42(47)50-48(56)29-26-40-39-21-11-13-23-49(39)57-51(40)50)35-24-27-46-41(30-35)38-20-10-12-22-45(38)55(46)37-18-8-3-9-19-37/h1-32H. The molecule has 0 fully saturated rings. The van der Waals surface area contributed by atoms with Crippen LogP contribution in [0.2, 0.25) is 0 Å². The Balaban J connectivity index is 1.13. The largest absolute Gasteiger partial charge is 0.309 e. The normalized spacial score (nSPS) is 11.9. The highest BCUT2D eigenvalue weighted by Crippen LogP contribution is 2.45. The van der Waals surface area contributed by atoms with E-state index in [1.165, 1.54) is 63.9 Å². The molecule has 0 unspecified atom stereocenters. The number of benzene rings is 8. The highest BCUT2D eigenvalue weighted by molar-refractivity contribution is 7.26. The number of hydrogen-bond acceptors (Lipinski definition) is 3. The van der Waals surface area contributed by atoms with Crippen LogP contribution in [-0.4, -0.2) is 19.1 Å². The Hall–Kier alpha value is -7.34. The Morgan fingerprint density at radius 1 is 0.351 bits per heavy atom. The first-order valence-electron chi connectivity index (χ1n) is 19.2. The van der Waals surface area contributed by atoms with Crippen molar-refractivity contribution in [3.05, 3.63) is 194 Å². The first kappa shape index (κ1) is 32.0. The van der Waals surface area contributed by atoms with E-state index in [0.717, 1.165) is 39.2 Å². The van der Waals surface area contributed by atoms with Gasteiger partial charge in [0.2, 0.25) is 5.95 Å². The number of para-hydroxylation sites is 2. The predicted molar refractivity (Wildman–Crippen MR) is 240 cm³/mol. The minimum absolute atomic E-state index is 0.651. The molecule has 4 heterocycles. The summed E-state index contributed by atoms with van der Waals surface area (Å²) >= 11 is 1.86. The summed E-state index contributed by atoms with van der Waals surface area (Å²) in [6, 6.07) is 69.4. The zero-order valence-electron chi connectivity index (χ0n) is 30.7. The fourth-order valence-electron chi connectivity index (χ4n) is 8.74. The van der Waals surface area contributed by atoms with Crippen molar-refractivity contribution in [2.24, 2.45) is 0 Å². The minimum atomic E-state index is 0.651. The molecule has 266 valence electrons. The number of nitrogens with zero attached hydrogens (tertiary/aromatic N) is 4. The molecule has 12 aromatic rings. The van der Waals surface area contributed by atoms with Gasteiger partial charge in [-0.05, 0) is 71.8 Å². The second kappa shape index (κ2) is 12.6. The molecule has 5 heteroatoms. The summed E-state index contributed by atoms with van der Waals surface area (Å²) in [5.74, 6) is 0.651. The molecule has 0 bridgehead atoms. The highest BCUT2D eigenvalue weighted by atomic mass is 32.1. The lowest BCUT2D eigenvalue weighted by Crippen LogP contribution is -2.04. The first-order chi connectivity index (χ1) is 28.3. The van der Waals surface area contributed by atoms with E-state index in [0.29, 0.717) is 5.95 Å². The van der Waals surface area contributed by atoms with E-state index in [4.69, 9.17) is 9.97 Å². The topological polar surface area (TPSA) is 35.6 Å². The maximum Gasteiger partial charge on any atom is 0.235 e. The van der Waals surface area contributed by atoms with Gasteiger partial charge < -0.3 is 4.57 Å². The van der Waals surface area contributed by atoms with Gasteiger partial charge in [-0.1, -0.05) is 133 Å². The van der Waals surface area contributed by atoms with Crippen molar-refractivity contribution in [1.29, 1.82) is 0 Å². The van der Waals surface area contributed by atoms with Crippen LogP contribution in [0.5, 0.6) is 0 Å². The number of fused-ring (bicyclic) bond motifs is 10. The third-order valence-corrected chi connectivity index (χ3v) is 12.6. The molecule has 0 atom stereocenters. The van der Waals surface area contributed by atoms with E-state index in [1.807, 2.05) is 23.5 Å². The maximum absolute atomic E-state index is 5.32. The summed E-state index contributed by atoms with van der Waals surface area (Å²) < 4.78 is 7.20. The monoisotopic (exact) mass is 744 g/mol. The molecule has 4 aromatic heterocycles. The highest BCUT2D eigenvalue weighted by Gasteiger charge is 2.21. The second-order valence-electron chi connectivity index (χ2n) is 14.6. The molecule has 8 aromatic carbocycles. The van der Waals surface area contributed by atoms with Gasteiger partial charge in [-0.15, -0.1) is 11.3 Å². The number of hydrogen-bond donors (Lipinski definition) is 0. The van der Waals surface area contributed by atoms with Gasteiger partial charge in [0.05, 0.1) is 33.5 Å². The van der Waals surface area contributed by atoms with Gasteiger partial charge in [0.25, 0.3) is 0 Å². The SMILES string of the molecule is c1ccc(-c2cc(-c3ccccc3)nc(-n3c4ccc(-c5ccc6c(c5)c5ccccc5n6-c5ccccc5)cc4c4c5sc6ccccc6c5ccc43)n2)cc1. The fraction of sp³-hybridized carbons (Fsp3) is 0. The molecule has 0 amide bonds. The number of thiophene rings is 1. The molecule has 0 saturated carbocycles. The zero-order chi connectivity index (χ0) is 37.5. The van der Waals surface area contributed by atoms with E-state index in [9.17, 15) is 0 Å². The Bertz CT molecular complexity index is 3450. The second-order valence-corrected chi connectivity index (χ2v) is 15.6. The van der Waals surface area contributed by atoms with Crippen molar-refractivity contribution in [1.82, 2.24) is 19.1 Å². The van der Waals surface area contributed by atoms with Gasteiger partial charge in [-0.3, -0.25) is 4.57 Å². The van der Waals surface area contributed by atoms with Gasteiger partial charge in [0, 0.05) is 58.5 Å². The van der Waals surface area contributed by atoms with Crippen LogP contribution in [0.3, 0.4) is 0 Å². The molecular weight excluding hydrogens is 713 g/mol. The molecule has 0 aliphatic carbocycles. The van der Waals surface area contributed by atoms with Crippen LogP contribution < -0.4 is 0 Å². The van der Waals surface area contributed by atoms with Crippen LogP contribution in [0.25, 0.3) is 109 Å². The van der Waals surface area contributed by atoms with E-state index in [2.05, 4.69) is 191 Å². The van der Waals surface area contributed by atoms with Crippen molar-refractivity contribution in [3.63, 3.8) is 0 Å². The first-order valence-corrected chi connectivity index (χ1v) is 20.1. The Kier molecular flexibility index (Phi) is 7.06. The summed E-state index contributed by atoms with van der Waals surface area (Å²) in [5.41, 5.74) is 11.9. The molecule has 57 heavy (non-hydrogen) atoms. The van der Waals surface area contributed by atoms with Gasteiger partial charge >= 0.3 is 0 Å². The van der Waals surface area contributed by atoms with E-state index < -0.39 is 0 Å². The predicted octanol–water partition coefficient (Wildman–Crippen LogP) is 14.0. The van der Waals surface area contributed by atoms with Crippen molar-refractivity contribution in [2.45, 2.75) is 0 Å². The summed E-state index contributed by atoms with van der Waals surface area (Å²) in [5, 5.41) is 7.44. The minimum Gasteiger partial charge on any atom is -0.309 e. The van der Waals surface area contributed by atoms with Gasteiger partial charge in [0.1, 0.15) is 0 Å². The number of rotatable bonds is 5. The molecular formula is C52H32N4S. The average molecular weight is 745 g/mol. The Morgan fingerprint density at radius 3 is 1.60 bits per heavy atom. The third kappa shape index (κ3) is 4.99. The Morgan fingerprint density at radius 2 is 0.895 bits per heavy atom. The molecule has 0 aliphatic rings. The summed E-state index contributed by atoms with van der Waals surface area (Å²) in [6.45, 7) is 0. The van der Waals surface area contributed by atoms with Crippen LogP contribution >= 0.6 is 11.3 Å². The molecule has 0 spiro atoms. The smallest absolute Gasteiger partial charge is 0.235 e. The van der Waals surface area contributed by atoms with Crippen LogP contribution in [0.4, 0.5) is 0 Å². The van der Waals surface area contributed by atoms with Crippen molar-refractivity contribution in [2.75, 3.05) is 0 Å². The van der Waals surface area contributed by atoms with E-state index >= 15 is 0 Å². The van der Waals surface area contributed by atoms with Crippen LogP contribution in [0.1, 0.15) is 0 Å². The maximum atomic E-state index is 5.32. The molecule has 4 nitrogen and oxygen atoms in total. The lowest BCUT2D eigenvalue weighted by Gasteiger charge is -2.12. The van der Waals surface area contributed by atoms with Crippen molar-refractivity contribution < 1.29 is 0 Å². The third-order valence-electron chi connectivity index (χ3n) is 11.3. The van der Waals surface area contributed by atoms with Crippen molar-refractivity contribution >= 4 is 75.1 Å². The van der Waals surface area contributed by atoms with Gasteiger partial charge in [-0.2, -0.15) is 0 Å². The van der Waals surface area contributed by atoms with Gasteiger partial charge in [0.15, 0.2) is 0 Å². The van der Waals surface area contributed by atoms with E-state index in [-0.39, 0.29) is 0 Å². The quantitative estimate of drug-likeness (QED) is 0.176. The van der Waals surface area contributed by atoms with Crippen LogP contribution in [0.15, 0.2) is 194 Å². The summed E-state index contributed by atoms with van der Waals surface area (Å²) in [6.07, 6.45) is 0. The number of aromatic nitrogens is 4. The summed E-state index contributed by atoms with van der Waals surface area (Å²) in [4.78, 5) is 10.6. The molecule has 12 rings (SSSR count). The molecule has 0 aliphatic heterocycles. The Labute approximate surface area is 332 Å². The average Bonchev–Trinajstić information content (AvgIpc) is 3.94. The van der Waals surface area contributed by atoms with Gasteiger partial charge in [-0.25, -0.2) is 9.97 Å². The molecule has 0 saturated heterocycles. The molecule has 0 radical (unpaired) electrons. The van der Waals surface area contributed by atoms with E-state index in [1.54, 1.807) is 0 Å². The summed E-state index contributed by atoms with van der Waals surface area (Å²) in [7, 11) is 0. The van der Waals surface area contributed by atoms with Crippen LogP contribution in [0, 0.1) is 0 Å². The lowest BCUT2D eigenvalue weighted by atomic mass is 10.00. The van der Waals surface area contributed by atoms with Crippen molar-refractivity contribution in [3.8, 4) is 45.3 Å². The molecule has 0 N–H and O–H groups in total. The fourth-order valence-corrected chi connectivity index (χ4v) is 10.00. The van der Waals surface area contributed by atoms with Crippen LogP contribution in [-0.2, 0) is 0 Å². The zero-order valence-corrected chi connectivity index (χ0v) is 31.5. The lowest BCUT2D eigenvalue weighted by molar-refractivity contribution is 0.996.